The number of guanidine groups is 1. The van der Waals surface area contributed by atoms with Crippen LogP contribution in [0.4, 0.5) is 0 Å². The molecule has 0 aliphatic carbocycles. The Morgan fingerprint density at radius 1 is 1.07 bits per heavy atom. The second kappa shape index (κ2) is 11.9. The third kappa shape index (κ3) is 7.96. The number of aliphatic imine (C=N–C) groups is 1. The van der Waals surface area contributed by atoms with Crippen molar-refractivity contribution in [2.24, 2.45) is 10.9 Å². The van der Waals surface area contributed by atoms with Crippen molar-refractivity contribution in [3.8, 4) is 0 Å². The summed E-state index contributed by atoms with van der Waals surface area (Å²) in [7, 11) is 1.78. The molecule has 27 heavy (non-hydrogen) atoms. The highest BCUT2D eigenvalue weighted by atomic mass is 16.5. The van der Waals surface area contributed by atoms with Crippen molar-refractivity contribution in [1.82, 2.24) is 20.4 Å². The minimum absolute atomic E-state index is 0.134. The zero-order chi connectivity index (χ0) is 19.5. The van der Waals surface area contributed by atoms with E-state index in [1.54, 1.807) is 7.11 Å². The van der Waals surface area contributed by atoms with Crippen molar-refractivity contribution in [3.63, 3.8) is 0 Å². The zero-order valence-electron chi connectivity index (χ0n) is 18.2. The molecule has 2 aliphatic rings. The van der Waals surface area contributed by atoms with Gasteiger partial charge in [-0.25, -0.2) is 0 Å². The minimum Gasteiger partial charge on any atom is -0.383 e. The number of rotatable bonds is 9. The Hall–Kier alpha value is -0.850. The Morgan fingerprint density at radius 2 is 1.78 bits per heavy atom. The molecule has 0 amide bonds. The summed E-state index contributed by atoms with van der Waals surface area (Å²) in [5.41, 5.74) is 0.134. The molecule has 2 heterocycles. The van der Waals surface area contributed by atoms with Crippen LogP contribution in [-0.2, 0) is 4.74 Å². The van der Waals surface area contributed by atoms with Crippen molar-refractivity contribution < 1.29 is 4.74 Å². The Bertz CT molecular complexity index is 426. The number of piperidine rings is 2. The lowest BCUT2D eigenvalue weighted by Gasteiger charge is -2.40. The Labute approximate surface area is 167 Å². The number of nitrogens with zero attached hydrogens (tertiary/aromatic N) is 3. The van der Waals surface area contributed by atoms with Crippen LogP contribution in [-0.4, -0.2) is 87.4 Å². The van der Waals surface area contributed by atoms with Gasteiger partial charge >= 0.3 is 0 Å². The predicted octanol–water partition coefficient (Wildman–Crippen LogP) is 2.16. The molecule has 6 heteroatoms. The van der Waals surface area contributed by atoms with Crippen LogP contribution in [0.1, 0.15) is 52.9 Å². The summed E-state index contributed by atoms with van der Waals surface area (Å²) in [4.78, 5) is 10.1. The number of likely N-dealkylation sites (tertiary alicyclic amines) is 2. The molecule has 0 unspecified atom stereocenters. The van der Waals surface area contributed by atoms with E-state index in [-0.39, 0.29) is 5.54 Å². The molecule has 0 aromatic carbocycles. The van der Waals surface area contributed by atoms with Gasteiger partial charge in [-0.15, -0.1) is 0 Å². The maximum atomic E-state index is 5.19. The summed E-state index contributed by atoms with van der Waals surface area (Å²) < 4.78 is 5.19. The van der Waals surface area contributed by atoms with Crippen LogP contribution in [0.25, 0.3) is 0 Å². The normalized spacial score (nSPS) is 21.4. The molecule has 0 aromatic rings. The van der Waals surface area contributed by atoms with Crippen molar-refractivity contribution in [2.45, 2.75) is 58.4 Å². The third-order valence-electron chi connectivity index (χ3n) is 6.06. The average Bonchev–Trinajstić information content (AvgIpc) is 2.70. The quantitative estimate of drug-likeness (QED) is 0.473. The van der Waals surface area contributed by atoms with Gasteiger partial charge in [-0.05, 0) is 78.6 Å². The lowest BCUT2D eigenvalue weighted by atomic mass is 9.97. The van der Waals surface area contributed by atoms with E-state index in [4.69, 9.17) is 9.73 Å². The van der Waals surface area contributed by atoms with Gasteiger partial charge in [-0.1, -0.05) is 6.42 Å². The van der Waals surface area contributed by atoms with E-state index in [1.807, 2.05) is 0 Å². The van der Waals surface area contributed by atoms with Crippen molar-refractivity contribution in [2.75, 3.05) is 66.1 Å². The highest BCUT2D eigenvalue weighted by Crippen LogP contribution is 2.21. The van der Waals surface area contributed by atoms with E-state index < -0.39 is 0 Å². The SMILES string of the molecule is CCNC(=NCC(C)(C)N1CCCCC1)NCC1CCN(CCOC)CC1. The van der Waals surface area contributed by atoms with E-state index >= 15 is 0 Å². The van der Waals surface area contributed by atoms with E-state index in [1.165, 1.54) is 58.3 Å². The number of methoxy groups -OCH3 is 1. The fourth-order valence-electron chi connectivity index (χ4n) is 4.09. The molecule has 6 nitrogen and oxygen atoms in total. The lowest BCUT2D eigenvalue weighted by molar-refractivity contribution is 0.102. The maximum absolute atomic E-state index is 5.19. The van der Waals surface area contributed by atoms with Gasteiger partial charge in [0.15, 0.2) is 5.96 Å². The van der Waals surface area contributed by atoms with Gasteiger partial charge in [0, 0.05) is 32.3 Å². The molecule has 0 radical (unpaired) electrons. The van der Waals surface area contributed by atoms with Gasteiger partial charge in [0.2, 0.25) is 0 Å². The summed E-state index contributed by atoms with van der Waals surface area (Å²) in [5, 5.41) is 7.03. The summed E-state index contributed by atoms with van der Waals surface area (Å²) in [6.07, 6.45) is 6.55. The lowest BCUT2D eigenvalue weighted by Crippen LogP contribution is -2.50. The molecule has 2 aliphatic heterocycles. The molecule has 0 bridgehead atoms. The zero-order valence-corrected chi connectivity index (χ0v) is 18.2. The van der Waals surface area contributed by atoms with Crippen LogP contribution in [0.15, 0.2) is 4.99 Å². The monoisotopic (exact) mass is 381 g/mol. The summed E-state index contributed by atoms with van der Waals surface area (Å²) in [6, 6.07) is 0. The van der Waals surface area contributed by atoms with E-state index in [2.05, 4.69) is 41.2 Å². The van der Waals surface area contributed by atoms with Gasteiger partial charge in [0.05, 0.1) is 13.2 Å². The third-order valence-corrected chi connectivity index (χ3v) is 6.06. The van der Waals surface area contributed by atoms with Crippen molar-refractivity contribution in [3.05, 3.63) is 0 Å². The summed E-state index contributed by atoms with van der Waals surface area (Å²) in [6.45, 7) is 16.3. The van der Waals surface area contributed by atoms with Crippen LogP contribution < -0.4 is 10.6 Å². The molecule has 2 N–H and O–H groups in total. The molecule has 0 aromatic heterocycles. The van der Waals surface area contributed by atoms with E-state index in [0.29, 0.717) is 0 Å². The topological polar surface area (TPSA) is 52.1 Å². The number of nitrogens with one attached hydrogen (secondary N) is 2. The highest BCUT2D eigenvalue weighted by Gasteiger charge is 2.27. The van der Waals surface area contributed by atoms with Gasteiger partial charge in [0.25, 0.3) is 0 Å². The van der Waals surface area contributed by atoms with Crippen LogP contribution in [0.3, 0.4) is 0 Å². The van der Waals surface area contributed by atoms with Crippen molar-refractivity contribution >= 4 is 5.96 Å². The Kier molecular flexibility index (Phi) is 9.87. The van der Waals surface area contributed by atoms with Crippen LogP contribution in [0.5, 0.6) is 0 Å². The fraction of sp³-hybridized carbons (Fsp3) is 0.952. The first-order valence-electron chi connectivity index (χ1n) is 11.0. The van der Waals surface area contributed by atoms with Gasteiger partial charge in [-0.2, -0.15) is 0 Å². The van der Waals surface area contributed by atoms with Gasteiger partial charge < -0.3 is 20.3 Å². The average molecular weight is 382 g/mol. The maximum Gasteiger partial charge on any atom is 0.191 e. The highest BCUT2D eigenvalue weighted by molar-refractivity contribution is 5.79. The van der Waals surface area contributed by atoms with Crippen LogP contribution >= 0.6 is 0 Å². The molecule has 2 fully saturated rings. The molecule has 0 spiro atoms. The molecule has 2 rings (SSSR count). The largest absolute Gasteiger partial charge is 0.383 e. The van der Waals surface area contributed by atoms with Crippen LogP contribution in [0.2, 0.25) is 0 Å². The Balaban J connectivity index is 1.76. The number of ether oxygens (including phenoxy) is 1. The smallest absolute Gasteiger partial charge is 0.191 e. The predicted molar refractivity (Wildman–Crippen MR) is 115 cm³/mol. The number of hydrogen-bond donors (Lipinski definition) is 2. The second-order valence-corrected chi connectivity index (χ2v) is 8.71. The first-order valence-corrected chi connectivity index (χ1v) is 11.0. The number of hydrogen-bond acceptors (Lipinski definition) is 4. The van der Waals surface area contributed by atoms with Gasteiger partial charge in [-0.3, -0.25) is 9.89 Å². The summed E-state index contributed by atoms with van der Waals surface area (Å²) >= 11 is 0. The second-order valence-electron chi connectivity index (χ2n) is 8.71. The van der Waals surface area contributed by atoms with E-state index in [0.717, 1.165) is 44.7 Å². The fourth-order valence-corrected chi connectivity index (χ4v) is 4.09. The van der Waals surface area contributed by atoms with Crippen LogP contribution in [0, 0.1) is 5.92 Å². The molecular formula is C21H43N5O. The summed E-state index contributed by atoms with van der Waals surface area (Å²) in [5.74, 6) is 1.71. The standard InChI is InChI=1S/C21H43N5O/c1-5-22-20(24-18-21(2,3)26-11-7-6-8-12-26)23-17-19-9-13-25(14-10-19)15-16-27-4/h19H,5-18H2,1-4H3,(H2,22,23,24). The molecule has 0 atom stereocenters. The van der Waals surface area contributed by atoms with Gasteiger partial charge in [0.1, 0.15) is 0 Å². The first-order chi connectivity index (χ1) is 13.0. The van der Waals surface area contributed by atoms with E-state index in [9.17, 15) is 0 Å². The molecular weight excluding hydrogens is 338 g/mol. The molecule has 0 saturated carbocycles. The molecule has 2 saturated heterocycles. The minimum atomic E-state index is 0.134. The Morgan fingerprint density at radius 3 is 2.41 bits per heavy atom. The van der Waals surface area contributed by atoms with Crippen molar-refractivity contribution in [1.29, 1.82) is 0 Å². The molecule has 158 valence electrons. The first kappa shape index (κ1) is 22.4.